The molecule has 88 valence electrons. The van der Waals surface area contributed by atoms with Crippen LogP contribution >= 0.6 is 0 Å². The van der Waals surface area contributed by atoms with E-state index in [0.29, 0.717) is 5.82 Å². The second kappa shape index (κ2) is 4.73. The van der Waals surface area contributed by atoms with Crippen molar-refractivity contribution in [3.8, 4) is 0 Å². The van der Waals surface area contributed by atoms with Crippen LogP contribution in [0.25, 0.3) is 0 Å². The van der Waals surface area contributed by atoms with Crippen molar-refractivity contribution in [1.82, 2.24) is 15.2 Å². The highest BCUT2D eigenvalue weighted by atomic mass is 19.1. The number of aromatic amines is 1. The third-order valence-electron chi connectivity index (χ3n) is 2.21. The van der Waals surface area contributed by atoms with Crippen molar-refractivity contribution in [2.75, 3.05) is 5.32 Å². The van der Waals surface area contributed by atoms with Crippen LogP contribution in [0, 0.1) is 5.82 Å². The largest absolute Gasteiger partial charge is 0.304 e. The molecule has 0 radical (unpaired) electrons. The van der Waals surface area contributed by atoms with Crippen LogP contribution in [-0.2, 0) is 6.42 Å². The molecular formula is C11H11FN4O. The lowest BCUT2D eigenvalue weighted by molar-refractivity contribution is 0.102. The number of anilines is 1. The van der Waals surface area contributed by atoms with Gasteiger partial charge < -0.3 is 5.32 Å². The summed E-state index contributed by atoms with van der Waals surface area (Å²) in [6.45, 7) is 1.97. The first-order valence-electron chi connectivity index (χ1n) is 5.16. The number of carbonyl (C=O) groups excluding carboxylic acids is 1. The SMILES string of the molecule is CCc1cc(NC(=O)c2ccc(F)cn2)n[nH]1. The van der Waals surface area contributed by atoms with Gasteiger partial charge in [-0.15, -0.1) is 0 Å². The number of aromatic nitrogens is 3. The molecule has 0 aromatic carbocycles. The molecule has 0 spiro atoms. The highest BCUT2D eigenvalue weighted by molar-refractivity contribution is 6.02. The molecule has 6 heteroatoms. The van der Waals surface area contributed by atoms with Crippen molar-refractivity contribution < 1.29 is 9.18 Å². The van der Waals surface area contributed by atoms with Gasteiger partial charge in [-0.2, -0.15) is 5.10 Å². The Kier molecular flexibility index (Phi) is 3.13. The number of rotatable bonds is 3. The molecule has 5 nitrogen and oxygen atoms in total. The second-order valence-electron chi connectivity index (χ2n) is 3.45. The lowest BCUT2D eigenvalue weighted by atomic mass is 10.3. The Hall–Kier alpha value is -2.24. The van der Waals surface area contributed by atoms with Gasteiger partial charge >= 0.3 is 0 Å². The maximum Gasteiger partial charge on any atom is 0.275 e. The number of nitrogens with one attached hydrogen (secondary N) is 2. The van der Waals surface area contributed by atoms with Gasteiger partial charge in [-0.3, -0.25) is 9.89 Å². The molecule has 2 aromatic heterocycles. The van der Waals surface area contributed by atoms with Crippen molar-refractivity contribution in [3.05, 3.63) is 41.6 Å². The van der Waals surface area contributed by atoms with E-state index in [1.807, 2.05) is 6.92 Å². The van der Waals surface area contributed by atoms with Gasteiger partial charge in [0.2, 0.25) is 0 Å². The van der Waals surface area contributed by atoms with E-state index in [-0.39, 0.29) is 5.69 Å². The number of nitrogens with zero attached hydrogens (tertiary/aromatic N) is 2. The predicted molar refractivity (Wildman–Crippen MR) is 60.1 cm³/mol. The molecule has 1 amide bonds. The van der Waals surface area contributed by atoms with Crippen molar-refractivity contribution in [1.29, 1.82) is 0 Å². The Morgan fingerprint density at radius 3 is 2.94 bits per heavy atom. The van der Waals surface area contributed by atoms with Gasteiger partial charge in [-0.1, -0.05) is 6.92 Å². The number of carbonyl (C=O) groups is 1. The molecule has 2 N–H and O–H groups in total. The summed E-state index contributed by atoms with van der Waals surface area (Å²) in [6.07, 6.45) is 1.80. The first kappa shape index (κ1) is 11.3. The Morgan fingerprint density at radius 1 is 1.53 bits per heavy atom. The number of hydrogen-bond donors (Lipinski definition) is 2. The van der Waals surface area contributed by atoms with Gasteiger partial charge in [0.1, 0.15) is 11.5 Å². The summed E-state index contributed by atoms with van der Waals surface area (Å²) in [6, 6.07) is 4.24. The van der Waals surface area contributed by atoms with Crippen LogP contribution in [0.4, 0.5) is 10.2 Å². The first-order chi connectivity index (χ1) is 8.19. The van der Waals surface area contributed by atoms with Gasteiger partial charge in [0.25, 0.3) is 5.91 Å². The quantitative estimate of drug-likeness (QED) is 0.850. The number of amides is 1. The zero-order valence-electron chi connectivity index (χ0n) is 9.20. The monoisotopic (exact) mass is 234 g/mol. The molecule has 0 bridgehead atoms. The van der Waals surface area contributed by atoms with Gasteiger partial charge in [0.05, 0.1) is 6.20 Å². The van der Waals surface area contributed by atoms with E-state index in [1.165, 1.54) is 12.1 Å². The fraction of sp³-hybridized carbons (Fsp3) is 0.182. The number of halogens is 1. The van der Waals surface area contributed by atoms with E-state index in [1.54, 1.807) is 6.07 Å². The van der Waals surface area contributed by atoms with Crippen LogP contribution < -0.4 is 5.32 Å². The summed E-state index contributed by atoms with van der Waals surface area (Å²) in [5.74, 6) is -0.466. The summed E-state index contributed by atoms with van der Waals surface area (Å²) < 4.78 is 12.6. The first-order valence-corrected chi connectivity index (χ1v) is 5.16. The molecule has 2 aromatic rings. The third kappa shape index (κ3) is 2.66. The topological polar surface area (TPSA) is 70.7 Å². The standard InChI is InChI=1S/C11H11FN4O/c1-2-8-5-10(16-15-8)14-11(17)9-4-3-7(12)6-13-9/h3-6H,2H2,1H3,(H2,14,15,16,17). The fourth-order valence-electron chi connectivity index (χ4n) is 1.30. The smallest absolute Gasteiger partial charge is 0.275 e. The average molecular weight is 234 g/mol. The fourth-order valence-corrected chi connectivity index (χ4v) is 1.30. The second-order valence-corrected chi connectivity index (χ2v) is 3.45. The minimum atomic E-state index is -0.477. The van der Waals surface area contributed by atoms with Crippen LogP contribution in [0.1, 0.15) is 23.1 Å². The van der Waals surface area contributed by atoms with E-state index >= 15 is 0 Å². The maximum atomic E-state index is 12.6. The maximum absolute atomic E-state index is 12.6. The third-order valence-corrected chi connectivity index (χ3v) is 2.21. The van der Waals surface area contributed by atoms with Crippen LogP contribution in [0.15, 0.2) is 24.4 Å². The lowest BCUT2D eigenvalue weighted by Gasteiger charge is -2.00. The Labute approximate surface area is 97.1 Å². The summed E-state index contributed by atoms with van der Waals surface area (Å²) in [5.41, 5.74) is 1.07. The predicted octanol–water partition coefficient (Wildman–Crippen LogP) is 1.76. The summed E-state index contributed by atoms with van der Waals surface area (Å²) in [5, 5.41) is 9.25. The molecule has 0 saturated heterocycles. The number of pyridine rings is 1. The van der Waals surface area contributed by atoms with E-state index in [9.17, 15) is 9.18 Å². The minimum Gasteiger partial charge on any atom is -0.304 e. The molecule has 0 unspecified atom stereocenters. The van der Waals surface area contributed by atoms with Crippen molar-refractivity contribution in [2.24, 2.45) is 0 Å². The summed E-state index contributed by atoms with van der Waals surface area (Å²) in [4.78, 5) is 15.3. The van der Waals surface area contributed by atoms with Crippen LogP contribution in [0.3, 0.4) is 0 Å². The molecule has 2 heterocycles. The van der Waals surface area contributed by atoms with E-state index in [0.717, 1.165) is 18.3 Å². The van der Waals surface area contributed by atoms with Crippen molar-refractivity contribution in [3.63, 3.8) is 0 Å². The van der Waals surface area contributed by atoms with E-state index < -0.39 is 11.7 Å². The molecule has 0 aliphatic heterocycles. The zero-order valence-corrected chi connectivity index (χ0v) is 9.20. The normalized spacial score (nSPS) is 10.2. The van der Waals surface area contributed by atoms with Crippen LogP contribution in [0.5, 0.6) is 0 Å². The van der Waals surface area contributed by atoms with Crippen LogP contribution in [-0.4, -0.2) is 21.1 Å². The summed E-state index contributed by atoms with van der Waals surface area (Å²) in [7, 11) is 0. The molecule has 17 heavy (non-hydrogen) atoms. The van der Waals surface area contributed by atoms with Gasteiger partial charge in [0, 0.05) is 11.8 Å². The zero-order chi connectivity index (χ0) is 12.3. The summed E-state index contributed by atoms with van der Waals surface area (Å²) >= 11 is 0. The highest BCUT2D eigenvalue weighted by Gasteiger charge is 2.09. The number of aryl methyl sites for hydroxylation is 1. The van der Waals surface area contributed by atoms with Gasteiger partial charge in [0.15, 0.2) is 5.82 Å². The van der Waals surface area contributed by atoms with Gasteiger partial charge in [-0.25, -0.2) is 9.37 Å². The molecule has 0 fully saturated rings. The van der Waals surface area contributed by atoms with Gasteiger partial charge in [-0.05, 0) is 18.6 Å². The highest BCUT2D eigenvalue weighted by Crippen LogP contribution is 2.07. The molecule has 0 saturated carbocycles. The van der Waals surface area contributed by atoms with E-state index in [4.69, 9.17) is 0 Å². The minimum absolute atomic E-state index is 0.146. The Bertz CT molecular complexity index is 521. The van der Waals surface area contributed by atoms with Crippen molar-refractivity contribution in [2.45, 2.75) is 13.3 Å². The molecule has 0 aliphatic rings. The molecule has 0 atom stereocenters. The molecule has 2 rings (SSSR count). The van der Waals surface area contributed by atoms with E-state index in [2.05, 4.69) is 20.5 Å². The number of H-pyrrole nitrogens is 1. The van der Waals surface area contributed by atoms with Crippen LogP contribution in [0.2, 0.25) is 0 Å². The Morgan fingerprint density at radius 2 is 2.35 bits per heavy atom. The Balaban J connectivity index is 2.08. The van der Waals surface area contributed by atoms with Crippen molar-refractivity contribution >= 4 is 11.7 Å². The number of hydrogen-bond acceptors (Lipinski definition) is 3. The lowest BCUT2D eigenvalue weighted by Crippen LogP contribution is -2.13. The molecule has 0 aliphatic carbocycles. The molecular weight excluding hydrogens is 223 g/mol. The average Bonchev–Trinajstić information content (AvgIpc) is 2.77.